The summed E-state index contributed by atoms with van der Waals surface area (Å²) in [7, 11) is 1.53. The molecule has 2 aliphatic rings. The summed E-state index contributed by atoms with van der Waals surface area (Å²) in [6.45, 7) is 2.77. The third-order valence-electron chi connectivity index (χ3n) is 6.09. The van der Waals surface area contributed by atoms with E-state index >= 15 is 0 Å². The van der Waals surface area contributed by atoms with Crippen LogP contribution < -0.4 is 14.5 Å². The minimum Gasteiger partial charge on any atom is -0.495 e. The molecule has 0 radical (unpaired) electrons. The van der Waals surface area contributed by atoms with E-state index in [-0.39, 0.29) is 11.8 Å². The molecule has 0 aliphatic carbocycles. The molecule has 178 valence electrons. The Hall–Kier alpha value is -3.42. The molecule has 8 heteroatoms. The second-order valence-electron chi connectivity index (χ2n) is 8.16. The second kappa shape index (κ2) is 10.1. The van der Waals surface area contributed by atoms with Crippen LogP contribution in [0.25, 0.3) is 0 Å². The number of imide groups is 1. The van der Waals surface area contributed by atoms with E-state index in [4.69, 9.17) is 16.3 Å². The highest BCUT2D eigenvalue weighted by Crippen LogP contribution is 2.41. The van der Waals surface area contributed by atoms with Gasteiger partial charge in [0.05, 0.1) is 12.8 Å². The van der Waals surface area contributed by atoms with Gasteiger partial charge in [-0.3, -0.25) is 9.59 Å². The molecule has 6 nitrogen and oxygen atoms in total. The van der Waals surface area contributed by atoms with Gasteiger partial charge >= 0.3 is 0 Å². The summed E-state index contributed by atoms with van der Waals surface area (Å²) >= 11 is 7.35. The molecule has 0 bridgehead atoms. The summed E-state index contributed by atoms with van der Waals surface area (Å²) in [5.74, 6) is -0.204. The number of halogens is 1. The van der Waals surface area contributed by atoms with Crippen LogP contribution in [0.1, 0.15) is 0 Å². The Morgan fingerprint density at radius 2 is 1.40 bits per heavy atom. The Morgan fingerprint density at radius 3 is 2.09 bits per heavy atom. The Kier molecular flexibility index (Phi) is 6.70. The largest absolute Gasteiger partial charge is 0.495 e. The van der Waals surface area contributed by atoms with Crippen molar-refractivity contribution in [2.45, 2.75) is 4.90 Å². The maximum Gasteiger partial charge on any atom is 0.283 e. The van der Waals surface area contributed by atoms with Gasteiger partial charge in [-0.2, -0.15) is 0 Å². The van der Waals surface area contributed by atoms with Gasteiger partial charge in [0.1, 0.15) is 16.4 Å². The lowest BCUT2D eigenvalue weighted by Gasteiger charge is -2.37. The fraction of sp³-hybridized carbons (Fsp3) is 0.185. The highest BCUT2D eigenvalue weighted by atomic mass is 35.5. The number of benzene rings is 3. The minimum absolute atomic E-state index is 0.330. The summed E-state index contributed by atoms with van der Waals surface area (Å²) in [6, 6.07) is 24.6. The highest BCUT2D eigenvalue weighted by Gasteiger charge is 2.44. The van der Waals surface area contributed by atoms with E-state index in [0.717, 1.165) is 23.7 Å². The fourth-order valence-corrected chi connectivity index (χ4v) is 5.48. The molecule has 2 aliphatic heterocycles. The lowest BCUT2D eigenvalue weighted by molar-refractivity contribution is -0.121. The van der Waals surface area contributed by atoms with Crippen molar-refractivity contribution in [2.24, 2.45) is 0 Å². The van der Waals surface area contributed by atoms with E-state index < -0.39 is 0 Å². The van der Waals surface area contributed by atoms with Crippen LogP contribution in [0.4, 0.5) is 11.4 Å². The van der Waals surface area contributed by atoms with Gasteiger partial charge in [-0.15, -0.1) is 0 Å². The Morgan fingerprint density at radius 1 is 0.771 bits per heavy atom. The topological polar surface area (TPSA) is 53.1 Å². The fourth-order valence-electron chi connectivity index (χ4n) is 4.35. The first kappa shape index (κ1) is 23.3. The molecule has 0 aromatic heterocycles. The molecule has 1 fully saturated rings. The van der Waals surface area contributed by atoms with Crippen molar-refractivity contribution in [3.8, 4) is 5.75 Å². The van der Waals surface area contributed by atoms with Gasteiger partial charge in [-0.1, -0.05) is 53.7 Å². The molecular weight excluding hydrogens is 482 g/mol. The maximum absolute atomic E-state index is 13.8. The van der Waals surface area contributed by atoms with Crippen LogP contribution in [-0.2, 0) is 9.59 Å². The van der Waals surface area contributed by atoms with Crippen molar-refractivity contribution >= 4 is 46.6 Å². The van der Waals surface area contributed by atoms with E-state index in [9.17, 15) is 9.59 Å². The molecule has 35 heavy (non-hydrogen) atoms. The quantitative estimate of drug-likeness (QED) is 0.437. The number of anilines is 2. The molecule has 1 saturated heterocycles. The first-order chi connectivity index (χ1) is 17.1. The average Bonchev–Trinajstić information content (AvgIpc) is 3.14. The number of piperazine rings is 1. The number of thioether (sulfide) groups is 1. The third-order valence-corrected chi connectivity index (χ3v) is 7.43. The van der Waals surface area contributed by atoms with Gasteiger partial charge in [-0.05, 0) is 48.5 Å². The van der Waals surface area contributed by atoms with Crippen LogP contribution >= 0.6 is 23.4 Å². The SMILES string of the molecule is COc1ccccc1N1C(=O)C(Sc2ccc(Cl)cc2)=C(N2CCN(c3ccccc3)CC2)C1=O. The van der Waals surface area contributed by atoms with Gasteiger partial charge in [0.25, 0.3) is 11.8 Å². The van der Waals surface area contributed by atoms with Gasteiger partial charge in [0.2, 0.25) is 0 Å². The molecule has 0 N–H and O–H groups in total. The summed E-state index contributed by atoms with van der Waals surface area (Å²) in [4.78, 5) is 34.3. The van der Waals surface area contributed by atoms with Crippen LogP contribution in [0.2, 0.25) is 5.02 Å². The van der Waals surface area contributed by atoms with E-state index in [2.05, 4.69) is 17.0 Å². The first-order valence-corrected chi connectivity index (χ1v) is 12.5. The number of methoxy groups -OCH3 is 1. The molecule has 0 atom stereocenters. The van der Waals surface area contributed by atoms with Crippen LogP contribution in [-0.4, -0.2) is 50.0 Å². The molecule has 0 spiro atoms. The lowest BCUT2D eigenvalue weighted by atomic mass is 10.2. The number of rotatable bonds is 6. The molecule has 0 unspecified atom stereocenters. The smallest absolute Gasteiger partial charge is 0.283 e. The van der Waals surface area contributed by atoms with Crippen LogP contribution in [0.15, 0.2) is 94.4 Å². The summed E-state index contributed by atoms with van der Waals surface area (Å²) < 4.78 is 5.46. The van der Waals surface area contributed by atoms with E-state index in [1.807, 2.05) is 41.3 Å². The third kappa shape index (κ3) is 4.61. The Bertz CT molecular complexity index is 1270. The zero-order chi connectivity index (χ0) is 24.4. The summed E-state index contributed by atoms with van der Waals surface area (Å²) in [5.41, 5.74) is 2.03. The number of carbonyl (C=O) groups is 2. The molecule has 2 amide bonds. The number of hydrogen-bond acceptors (Lipinski definition) is 6. The zero-order valence-electron chi connectivity index (χ0n) is 19.2. The summed E-state index contributed by atoms with van der Waals surface area (Å²) in [6.07, 6.45) is 0. The number of amides is 2. The molecule has 5 rings (SSSR count). The van der Waals surface area contributed by atoms with Crippen molar-refractivity contribution in [3.05, 3.63) is 94.5 Å². The number of ether oxygens (including phenoxy) is 1. The van der Waals surface area contributed by atoms with Gasteiger partial charge in [0.15, 0.2) is 0 Å². The number of hydrogen-bond donors (Lipinski definition) is 0. The molecule has 3 aromatic rings. The second-order valence-corrected chi connectivity index (χ2v) is 9.68. The Balaban J connectivity index is 1.48. The molecular formula is C27H24ClN3O3S. The Labute approximate surface area is 213 Å². The van der Waals surface area contributed by atoms with Crippen molar-refractivity contribution in [1.82, 2.24) is 4.90 Å². The van der Waals surface area contributed by atoms with Crippen molar-refractivity contribution in [2.75, 3.05) is 43.1 Å². The van der Waals surface area contributed by atoms with Gasteiger partial charge in [-0.25, -0.2) is 4.90 Å². The lowest BCUT2D eigenvalue weighted by Crippen LogP contribution is -2.47. The molecule has 3 aromatic carbocycles. The zero-order valence-corrected chi connectivity index (χ0v) is 20.8. The van der Waals surface area contributed by atoms with E-state index in [0.29, 0.717) is 40.2 Å². The van der Waals surface area contributed by atoms with Crippen LogP contribution in [0, 0.1) is 0 Å². The van der Waals surface area contributed by atoms with Crippen molar-refractivity contribution < 1.29 is 14.3 Å². The van der Waals surface area contributed by atoms with Crippen molar-refractivity contribution in [1.29, 1.82) is 0 Å². The standard InChI is InChI=1S/C27H24ClN3O3S/c1-34-23-10-6-5-9-22(23)31-26(32)24(25(27(31)33)35-21-13-11-19(28)12-14-21)30-17-15-29(16-18-30)20-7-3-2-4-8-20/h2-14H,15-18H2,1H3. The van der Waals surface area contributed by atoms with Gasteiger partial charge in [0, 0.05) is 41.8 Å². The number of carbonyl (C=O) groups excluding carboxylic acids is 2. The number of nitrogens with zero attached hydrogens (tertiary/aromatic N) is 3. The monoisotopic (exact) mass is 505 g/mol. The average molecular weight is 506 g/mol. The van der Waals surface area contributed by atoms with E-state index in [1.54, 1.807) is 30.3 Å². The van der Waals surface area contributed by atoms with Crippen LogP contribution in [0.3, 0.4) is 0 Å². The summed E-state index contributed by atoms with van der Waals surface area (Å²) in [5, 5.41) is 0.616. The van der Waals surface area contributed by atoms with Crippen LogP contribution in [0.5, 0.6) is 5.75 Å². The minimum atomic E-state index is -0.347. The first-order valence-electron chi connectivity index (χ1n) is 11.3. The normalized spacial score (nSPS) is 16.3. The molecule has 2 heterocycles. The maximum atomic E-state index is 13.8. The predicted molar refractivity (Wildman–Crippen MR) is 140 cm³/mol. The van der Waals surface area contributed by atoms with Crippen molar-refractivity contribution in [3.63, 3.8) is 0 Å². The highest BCUT2D eigenvalue weighted by molar-refractivity contribution is 8.04. The van der Waals surface area contributed by atoms with E-state index in [1.165, 1.54) is 23.8 Å². The number of para-hydroxylation sites is 3. The van der Waals surface area contributed by atoms with Gasteiger partial charge < -0.3 is 14.5 Å². The molecule has 0 saturated carbocycles. The predicted octanol–water partition coefficient (Wildman–Crippen LogP) is 5.05.